The van der Waals surface area contributed by atoms with Crippen LogP contribution in [-0.4, -0.2) is 30.6 Å². The van der Waals surface area contributed by atoms with E-state index in [2.05, 4.69) is 20.8 Å². The molecule has 0 aromatic carbocycles. The largest absolute Gasteiger partial charge is 0.433 e. The van der Waals surface area contributed by atoms with E-state index >= 15 is 0 Å². The van der Waals surface area contributed by atoms with Crippen molar-refractivity contribution in [3.05, 3.63) is 0 Å². The summed E-state index contributed by atoms with van der Waals surface area (Å²) in [6.07, 6.45) is 5.45. The lowest BCUT2D eigenvalue weighted by Gasteiger charge is -2.49. The Bertz CT molecular complexity index is 388. The Kier molecular flexibility index (Phi) is 4.28. The average molecular weight is 296 g/mol. The summed E-state index contributed by atoms with van der Waals surface area (Å²) < 4.78 is 17.9. The fraction of sp³-hybridized carbons (Fsp3) is 0.941. The van der Waals surface area contributed by atoms with Gasteiger partial charge in [-0.25, -0.2) is 0 Å². The van der Waals surface area contributed by atoms with Crippen LogP contribution < -0.4 is 0 Å². The minimum absolute atomic E-state index is 0.0707. The third kappa shape index (κ3) is 2.98. The molecule has 0 amide bonds. The van der Waals surface area contributed by atoms with Crippen molar-refractivity contribution in [3.63, 3.8) is 0 Å². The van der Waals surface area contributed by atoms with Gasteiger partial charge < -0.3 is 14.2 Å². The van der Waals surface area contributed by atoms with E-state index in [0.29, 0.717) is 18.3 Å². The van der Waals surface area contributed by atoms with E-state index < -0.39 is 5.79 Å². The van der Waals surface area contributed by atoms with E-state index in [9.17, 15) is 4.79 Å². The molecule has 0 N–H and O–H groups in total. The molecular weight excluding hydrogens is 268 g/mol. The van der Waals surface area contributed by atoms with Crippen molar-refractivity contribution in [1.82, 2.24) is 0 Å². The van der Waals surface area contributed by atoms with Gasteiger partial charge in [0.05, 0.1) is 18.6 Å². The van der Waals surface area contributed by atoms with Crippen LogP contribution in [0.25, 0.3) is 0 Å². The van der Waals surface area contributed by atoms with E-state index in [1.165, 1.54) is 6.42 Å². The zero-order chi connectivity index (χ0) is 15.0. The Balaban J connectivity index is 1.78. The van der Waals surface area contributed by atoms with Gasteiger partial charge in [-0.3, -0.25) is 4.79 Å². The van der Waals surface area contributed by atoms with E-state index in [1.54, 1.807) is 0 Å². The molecule has 4 heteroatoms. The first-order valence-electron chi connectivity index (χ1n) is 8.51. The molecule has 3 fully saturated rings. The Morgan fingerprint density at radius 2 is 2.00 bits per heavy atom. The maximum atomic E-state index is 12.2. The van der Waals surface area contributed by atoms with Crippen molar-refractivity contribution in [1.29, 1.82) is 0 Å². The molecule has 0 radical (unpaired) electrons. The van der Waals surface area contributed by atoms with Crippen LogP contribution in [0.4, 0.5) is 0 Å². The van der Waals surface area contributed by atoms with Crippen LogP contribution in [0.5, 0.6) is 0 Å². The number of carbonyl (C=O) groups excluding carboxylic acids is 1. The summed E-state index contributed by atoms with van der Waals surface area (Å²) in [4.78, 5) is 12.2. The van der Waals surface area contributed by atoms with E-state index in [-0.39, 0.29) is 24.1 Å². The molecule has 2 aliphatic heterocycles. The molecule has 3 rings (SSSR count). The molecule has 2 heterocycles. The van der Waals surface area contributed by atoms with Gasteiger partial charge in [-0.2, -0.15) is 0 Å². The molecule has 4 nitrogen and oxygen atoms in total. The molecule has 3 aliphatic rings. The van der Waals surface area contributed by atoms with Crippen LogP contribution in [0.3, 0.4) is 0 Å². The van der Waals surface area contributed by atoms with Gasteiger partial charge in [-0.1, -0.05) is 20.8 Å². The molecule has 2 saturated heterocycles. The van der Waals surface area contributed by atoms with Crippen LogP contribution in [0, 0.1) is 17.8 Å². The van der Waals surface area contributed by atoms with Gasteiger partial charge in [-0.15, -0.1) is 0 Å². The Labute approximate surface area is 127 Å². The zero-order valence-electron chi connectivity index (χ0n) is 13.5. The van der Waals surface area contributed by atoms with Crippen molar-refractivity contribution in [2.24, 2.45) is 17.8 Å². The van der Waals surface area contributed by atoms with Crippen LogP contribution in [0.2, 0.25) is 0 Å². The lowest BCUT2D eigenvalue weighted by atomic mass is 9.73. The van der Waals surface area contributed by atoms with Crippen molar-refractivity contribution in [2.45, 2.75) is 77.3 Å². The quantitative estimate of drug-likeness (QED) is 0.734. The summed E-state index contributed by atoms with van der Waals surface area (Å²) in [7, 11) is 0. The number of ether oxygens (including phenoxy) is 3. The van der Waals surface area contributed by atoms with Gasteiger partial charge in [0.25, 0.3) is 0 Å². The molecule has 1 spiro atoms. The monoisotopic (exact) mass is 296 g/mol. The first-order valence-corrected chi connectivity index (χ1v) is 8.51. The zero-order valence-corrected chi connectivity index (χ0v) is 13.5. The van der Waals surface area contributed by atoms with Crippen molar-refractivity contribution >= 4 is 5.97 Å². The van der Waals surface area contributed by atoms with Crippen LogP contribution in [-0.2, 0) is 19.0 Å². The molecule has 0 unspecified atom stereocenters. The third-order valence-electron chi connectivity index (χ3n) is 5.60. The molecule has 0 aromatic heterocycles. The van der Waals surface area contributed by atoms with Crippen LogP contribution in [0.1, 0.15) is 59.3 Å². The van der Waals surface area contributed by atoms with Gasteiger partial charge in [0.15, 0.2) is 0 Å². The first-order chi connectivity index (χ1) is 10.00. The Hall–Kier alpha value is -0.610. The fourth-order valence-electron chi connectivity index (χ4n) is 4.05. The highest BCUT2D eigenvalue weighted by atomic mass is 16.7. The van der Waals surface area contributed by atoms with Gasteiger partial charge in [0, 0.05) is 18.9 Å². The predicted molar refractivity (Wildman–Crippen MR) is 78.6 cm³/mol. The molecule has 1 aliphatic carbocycles. The SMILES string of the molecule is CC(C)[C@@H]1CC[C@@H](C)[C@@]2(C1)OC(=O)C[C@H]([C@H]1CCCO1)O2. The molecule has 1 saturated carbocycles. The van der Waals surface area contributed by atoms with Gasteiger partial charge >= 0.3 is 5.97 Å². The van der Waals surface area contributed by atoms with Gasteiger partial charge in [-0.05, 0) is 37.5 Å². The van der Waals surface area contributed by atoms with E-state index in [4.69, 9.17) is 14.2 Å². The lowest BCUT2D eigenvalue weighted by Crippen LogP contribution is -2.56. The van der Waals surface area contributed by atoms with E-state index in [1.807, 2.05) is 0 Å². The highest BCUT2D eigenvalue weighted by Gasteiger charge is 2.52. The Morgan fingerprint density at radius 3 is 2.67 bits per heavy atom. The minimum atomic E-state index is -0.709. The highest BCUT2D eigenvalue weighted by Crippen LogP contribution is 2.46. The number of carbonyl (C=O) groups is 1. The van der Waals surface area contributed by atoms with Gasteiger partial charge in [0.1, 0.15) is 0 Å². The molecule has 5 atom stereocenters. The molecule has 0 aromatic rings. The second-order valence-corrected chi connectivity index (χ2v) is 7.38. The van der Waals surface area contributed by atoms with Crippen LogP contribution >= 0.6 is 0 Å². The third-order valence-corrected chi connectivity index (χ3v) is 5.60. The number of esters is 1. The summed E-state index contributed by atoms with van der Waals surface area (Å²) in [6.45, 7) is 7.44. The van der Waals surface area contributed by atoms with Crippen molar-refractivity contribution in [2.75, 3.05) is 6.61 Å². The molecule has 21 heavy (non-hydrogen) atoms. The average Bonchev–Trinajstić information content (AvgIpc) is 2.95. The summed E-state index contributed by atoms with van der Waals surface area (Å²) in [5, 5.41) is 0. The molecule has 120 valence electrons. The number of hydrogen-bond donors (Lipinski definition) is 0. The fourth-order valence-corrected chi connectivity index (χ4v) is 4.05. The highest BCUT2D eigenvalue weighted by molar-refractivity contribution is 5.71. The van der Waals surface area contributed by atoms with Crippen LogP contribution in [0.15, 0.2) is 0 Å². The van der Waals surface area contributed by atoms with Crippen molar-refractivity contribution < 1.29 is 19.0 Å². The normalized spacial score (nSPS) is 44.3. The topological polar surface area (TPSA) is 44.8 Å². The lowest BCUT2D eigenvalue weighted by molar-refractivity contribution is -0.320. The Morgan fingerprint density at radius 1 is 1.19 bits per heavy atom. The summed E-state index contributed by atoms with van der Waals surface area (Å²) >= 11 is 0. The molecular formula is C17H28O4. The van der Waals surface area contributed by atoms with Crippen molar-refractivity contribution in [3.8, 4) is 0 Å². The second-order valence-electron chi connectivity index (χ2n) is 7.38. The first kappa shape index (κ1) is 15.3. The smallest absolute Gasteiger partial charge is 0.311 e. The summed E-state index contributed by atoms with van der Waals surface area (Å²) in [5.41, 5.74) is 0. The second kappa shape index (κ2) is 5.88. The maximum Gasteiger partial charge on any atom is 0.311 e. The molecule has 0 bridgehead atoms. The maximum absolute atomic E-state index is 12.2. The predicted octanol–water partition coefficient (Wildman–Crippen LogP) is 3.29. The van der Waals surface area contributed by atoms with E-state index in [0.717, 1.165) is 32.3 Å². The minimum Gasteiger partial charge on any atom is -0.433 e. The number of rotatable bonds is 2. The standard InChI is InChI=1S/C17H28O4/c1-11(2)13-7-6-12(3)17(10-13)20-15(9-16(18)21-17)14-5-4-8-19-14/h11-15H,4-10H2,1-3H3/t12-,13-,14-,15-,17-/m1/s1. The summed E-state index contributed by atoms with van der Waals surface area (Å²) in [6, 6.07) is 0. The number of hydrogen-bond acceptors (Lipinski definition) is 4. The summed E-state index contributed by atoms with van der Waals surface area (Å²) in [5.74, 6) is 0.606. The van der Waals surface area contributed by atoms with Gasteiger partial charge in [0.2, 0.25) is 5.79 Å².